The van der Waals surface area contributed by atoms with E-state index in [1.807, 2.05) is 6.92 Å². The van der Waals surface area contributed by atoms with E-state index in [1.54, 1.807) is 7.11 Å². The smallest absolute Gasteiger partial charge is 0.330 e. The topological polar surface area (TPSA) is 102 Å². The Morgan fingerprint density at radius 3 is 2.52 bits per heavy atom. The van der Waals surface area contributed by atoms with E-state index in [1.165, 1.54) is 4.57 Å². The second-order valence-corrected chi connectivity index (χ2v) is 5.68. The number of nitrogen functional groups attached to an aromatic ring is 1. The molecule has 0 radical (unpaired) electrons. The molecule has 0 saturated carbocycles. The number of aromatic nitrogens is 2. The molecule has 120 valence electrons. The van der Waals surface area contributed by atoms with Gasteiger partial charge in [-0.1, -0.05) is 13.8 Å². The SMILES string of the molecule is COCCn1c(N)c(NC(C)CCC(C)C)c(=O)[nH]c1=O. The minimum absolute atomic E-state index is 0.101. The Hall–Kier alpha value is -1.76. The summed E-state index contributed by atoms with van der Waals surface area (Å²) in [6.07, 6.45) is 1.98. The Balaban J connectivity index is 2.96. The summed E-state index contributed by atoms with van der Waals surface area (Å²) in [5.41, 5.74) is 5.20. The molecule has 0 aliphatic rings. The normalized spacial score (nSPS) is 12.6. The molecule has 7 nitrogen and oxygen atoms in total. The number of nitrogens with zero attached hydrogens (tertiary/aromatic N) is 1. The number of rotatable bonds is 8. The molecule has 0 aliphatic heterocycles. The van der Waals surface area contributed by atoms with E-state index in [9.17, 15) is 9.59 Å². The summed E-state index contributed by atoms with van der Waals surface area (Å²) in [7, 11) is 1.54. The molecule has 1 atom stereocenters. The van der Waals surface area contributed by atoms with Gasteiger partial charge in [0.05, 0.1) is 13.2 Å². The van der Waals surface area contributed by atoms with E-state index in [-0.39, 0.29) is 17.5 Å². The molecule has 0 fully saturated rings. The molecule has 1 rings (SSSR count). The first-order valence-electron chi connectivity index (χ1n) is 7.24. The predicted octanol–water partition coefficient (Wildman–Crippen LogP) is 1.00. The van der Waals surface area contributed by atoms with E-state index in [2.05, 4.69) is 24.1 Å². The van der Waals surface area contributed by atoms with Crippen molar-refractivity contribution in [1.29, 1.82) is 0 Å². The van der Waals surface area contributed by atoms with E-state index in [0.29, 0.717) is 19.1 Å². The highest BCUT2D eigenvalue weighted by molar-refractivity contribution is 5.60. The standard InChI is InChI=1S/C14H26N4O3/c1-9(2)5-6-10(3)16-11-12(15)18(7-8-21-4)14(20)17-13(11)19/h9-10,16H,5-8,15H2,1-4H3,(H,17,19,20). The summed E-state index contributed by atoms with van der Waals surface area (Å²) in [5, 5.41) is 3.11. The third kappa shape index (κ3) is 4.93. The number of nitrogens with two attached hydrogens (primary N) is 1. The first-order valence-corrected chi connectivity index (χ1v) is 7.24. The molecule has 21 heavy (non-hydrogen) atoms. The molecule has 1 heterocycles. The van der Waals surface area contributed by atoms with Crippen LogP contribution >= 0.6 is 0 Å². The Morgan fingerprint density at radius 1 is 1.29 bits per heavy atom. The molecule has 1 aromatic rings. The monoisotopic (exact) mass is 298 g/mol. The van der Waals surface area contributed by atoms with Crippen LogP contribution in [0.2, 0.25) is 0 Å². The molecule has 0 spiro atoms. The molecule has 1 unspecified atom stereocenters. The van der Waals surface area contributed by atoms with Crippen LogP contribution in [-0.4, -0.2) is 29.3 Å². The summed E-state index contributed by atoms with van der Waals surface area (Å²) >= 11 is 0. The molecule has 1 aromatic heterocycles. The largest absolute Gasteiger partial charge is 0.383 e. The zero-order chi connectivity index (χ0) is 16.0. The lowest BCUT2D eigenvalue weighted by atomic mass is 10.0. The molecular weight excluding hydrogens is 272 g/mol. The molecule has 0 aliphatic carbocycles. The van der Waals surface area contributed by atoms with Crippen molar-refractivity contribution in [3.63, 3.8) is 0 Å². The average Bonchev–Trinajstić information content (AvgIpc) is 2.41. The van der Waals surface area contributed by atoms with Crippen LogP contribution in [0.3, 0.4) is 0 Å². The molecule has 0 saturated heterocycles. The highest BCUT2D eigenvalue weighted by Crippen LogP contribution is 2.14. The van der Waals surface area contributed by atoms with Crippen LogP contribution in [0, 0.1) is 5.92 Å². The second-order valence-electron chi connectivity index (χ2n) is 5.68. The van der Waals surface area contributed by atoms with Crippen LogP contribution in [0.15, 0.2) is 9.59 Å². The van der Waals surface area contributed by atoms with Gasteiger partial charge in [-0.2, -0.15) is 0 Å². The lowest BCUT2D eigenvalue weighted by molar-refractivity contribution is 0.186. The van der Waals surface area contributed by atoms with Crippen molar-refractivity contribution in [2.24, 2.45) is 5.92 Å². The van der Waals surface area contributed by atoms with Crippen molar-refractivity contribution in [1.82, 2.24) is 9.55 Å². The number of H-pyrrole nitrogens is 1. The van der Waals surface area contributed by atoms with E-state index in [0.717, 1.165) is 12.8 Å². The molecule has 4 N–H and O–H groups in total. The number of methoxy groups -OCH3 is 1. The summed E-state index contributed by atoms with van der Waals surface area (Å²) in [4.78, 5) is 26.0. The third-order valence-corrected chi connectivity index (χ3v) is 3.33. The number of hydrogen-bond donors (Lipinski definition) is 3. The minimum atomic E-state index is -0.519. The summed E-state index contributed by atoms with van der Waals surface area (Å²) in [5.74, 6) is 0.748. The maximum Gasteiger partial charge on any atom is 0.330 e. The van der Waals surface area contributed by atoms with Crippen LogP contribution in [0.25, 0.3) is 0 Å². The third-order valence-electron chi connectivity index (χ3n) is 3.33. The summed E-state index contributed by atoms with van der Waals surface area (Å²) in [6, 6.07) is 0.101. The predicted molar refractivity (Wildman–Crippen MR) is 84.8 cm³/mol. The lowest BCUT2D eigenvalue weighted by Gasteiger charge is -2.18. The van der Waals surface area contributed by atoms with Gasteiger partial charge < -0.3 is 15.8 Å². The average molecular weight is 298 g/mol. The van der Waals surface area contributed by atoms with Crippen LogP contribution in [0.5, 0.6) is 0 Å². The van der Waals surface area contributed by atoms with Gasteiger partial charge in [-0.05, 0) is 25.7 Å². The van der Waals surface area contributed by atoms with Crippen molar-refractivity contribution < 1.29 is 4.74 Å². The van der Waals surface area contributed by atoms with Crippen molar-refractivity contribution in [3.8, 4) is 0 Å². The highest BCUT2D eigenvalue weighted by Gasteiger charge is 2.14. The van der Waals surface area contributed by atoms with E-state index < -0.39 is 11.2 Å². The zero-order valence-corrected chi connectivity index (χ0v) is 13.2. The maximum atomic E-state index is 11.9. The Bertz CT molecular complexity index is 562. The summed E-state index contributed by atoms with van der Waals surface area (Å²) < 4.78 is 6.25. The second kappa shape index (κ2) is 7.87. The minimum Gasteiger partial charge on any atom is -0.383 e. The fourth-order valence-electron chi connectivity index (χ4n) is 2.03. The molecular formula is C14H26N4O3. The van der Waals surface area contributed by atoms with Crippen molar-refractivity contribution in [3.05, 3.63) is 20.8 Å². The van der Waals surface area contributed by atoms with Gasteiger partial charge in [-0.3, -0.25) is 14.3 Å². The van der Waals surface area contributed by atoms with Crippen molar-refractivity contribution >= 4 is 11.5 Å². The van der Waals surface area contributed by atoms with Crippen LogP contribution in [0.1, 0.15) is 33.6 Å². The molecule has 0 amide bonds. The Kier molecular flexibility index (Phi) is 6.48. The van der Waals surface area contributed by atoms with Crippen LogP contribution in [0.4, 0.5) is 11.5 Å². The Labute approximate surface area is 124 Å². The lowest BCUT2D eigenvalue weighted by Crippen LogP contribution is -2.36. The number of anilines is 2. The fraction of sp³-hybridized carbons (Fsp3) is 0.714. The first kappa shape index (κ1) is 17.3. The van der Waals surface area contributed by atoms with E-state index in [4.69, 9.17) is 10.5 Å². The van der Waals surface area contributed by atoms with Crippen molar-refractivity contribution in [2.45, 2.75) is 46.2 Å². The fourth-order valence-corrected chi connectivity index (χ4v) is 2.03. The van der Waals surface area contributed by atoms with Gasteiger partial charge in [0.2, 0.25) is 0 Å². The van der Waals surface area contributed by atoms with Gasteiger partial charge in [0.1, 0.15) is 11.5 Å². The first-order chi connectivity index (χ1) is 9.86. The van der Waals surface area contributed by atoms with Crippen molar-refractivity contribution in [2.75, 3.05) is 24.8 Å². The van der Waals surface area contributed by atoms with Gasteiger partial charge in [0.25, 0.3) is 5.56 Å². The van der Waals surface area contributed by atoms with Gasteiger partial charge in [-0.25, -0.2) is 4.79 Å². The van der Waals surface area contributed by atoms with Gasteiger partial charge >= 0.3 is 5.69 Å². The van der Waals surface area contributed by atoms with Gasteiger partial charge in [-0.15, -0.1) is 0 Å². The Morgan fingerprint density at radius 2 is 1.95 bits per heavy atom. The quantitative estimate of drug-likeness (QED) is 0.664. The number of nitrogens with one attached hydrogen (secondary N) is 2. The van der Waals surface area contributed by atoms with Gasteiger partial charge in [0, 0.05) is 13.2 Å². The molecule has 0 bridgehead atoms. The maximum absolute atomic E-state index is 11.9. The van der Waals surface area contributed by atoms with Crippen LogP contribution in [-0.2, 0) is 11.3 Å². The van der Waals surface area contributed by atoms with Crippen LogP contribution < -0.4 is 22.3 Å². The molecule has 0 aromatic carbocycles. The zero-order valence-electron chi connectivity index (χ0n) is 13.2. The van der Waals surface area contributed by atoms with E-state index >= 15 is 0 Å². The highest BCUT2D eigenvalue weighted by atomic mass is 16.5. The number of ether oxygens (including phenoxy) is 1. The molecule has 7 heteroatoms. The number of aromatic amines is 1. The number of hydrogen-bond acceptors (Lipinski definition) is 5. The summed E-state index contributed by atoms with van der Waals surface area (Å²) in [6.45, 7) is 6.94. The van der Waals surface area contributed by atoms with Gasteiger partial charge in [0.15, 0.2) is 0 Å².